The maximum atomic E-state index is 12.7. The molecule has 1 saturated heterocycles. The molecule has 0 spiro atoms. The quantitative estimate of drug-likeness (QED) is 0.357. The van der Waals surface area contributed by atoms with Gasteiger partial charge in [0.2, 0.25) is 0 Å². The Kier molecular flexibility index (Phi) is 8.94. The lowest BCUT2D eigenvalue weighted by Gasteiger charge is -2.32. The molecule has 0 aliphatic carbocycles. The molecule has 3 aromatic rings. The highest BCUT2D eigenvalue weighted by molar-refractivity contribution is 9.10. The van der Waals surface area contributed by atoms with Crippen molar-refractivity contribution in [2.45, 2.75) is 20.0 Å². The van der Waals surface area contributed by atoms with Crippen LogP contribution >= 0.6 is 15.9 Å². The van der Waals surface area contributed by atoms with Crippen molar-refractivity contribution in [3.8, 4) is 11.5 Å². The zero-order valence-electron chi connectivity index (χ0n) is 21.1. The van der Waals surface area contributed by atoms with Crippen molar-refractivity contribution in [1.29, 1.82) is 0 Å². The second-order valence-corrected chi connectivity index (χ2v) is 9.52. The highest BCUT2D eigenvalue weighted by Crippen LogP contribution is 2.32. The molecule has 3 amide bonds. The molecule has 1 aliphatic rings. The summed E-state index contributed by atoms with van der Waals surface area (Å²) in [5, 5.41) is 14.4. The second kappa shape index (κ2) is 12.5. The topological polar surface area (TPSA) is 152 Å². The first-order valence-electron chi connectivity index (χ1n) is 11.9. The highest BCUT2D eigenvalue weighted by Gasteiger charge is 2.27. The summed E-state index contributed by atoms with van der Waals surface area (Å²) in [7, 11) is 0. The number of halogens is 1. The lowest BCUT2D eigenvalue weighted by atomic mass is 10.2. The lowest BCUT2D eigenvalue weighted by Crippen LogP contribution is -2.48. The smallest absolute Gasteiger partial charge is 0.415 e. The molecule has 1 atom stereocenters. The number of carbonyl (C=O) groups excluding carboxylic acids is 2. The summed E-state index contributed by atoms with van der Waals surface area (Å²) < 4.78 is 17.9. The number of hydrogen-bond donors (Lipinski definition) is 3. The molecule has 1 aliphatic heterocycles. The van der Waals surface area contributed by atoms with E-state index in [-0.39, 0.29) is 31.1 Å². The first-order valence-corrected chi connectivity index (χ1v) is 12.7. The Labute approximate surface area is 232 Å². The number of benzene rings is 2. The fourth-order valence-electron chi connectivity index (χ4n) is 3.60. The van der Waals surface area contributed by atoms with E-state index in [1.165, 1.54) is 35.4 Å². The number of aromatic carboxylic acids is 1. The van der Waals surface area contributed by atoms with Crippen molar-refractivity contribution >= 4 is 45.5 Å². The number of carboxylic acid groups (broad SMARTS) is 1. The summed E-state index contributed by atoms with van der Waals surface area (Å²) in [6, 6.07) is 8.56. The van der Waals surface area contributed by atoms with E-state index in [2.05, 4.69) is 36.5 Å². The number of aromatic nitrogens is 2. The number of amides is 3. The Hall–Kier alpha value is -4.23. The van der Waals surface area contributed by atoms with Gasteiger partial charge in [0.05, 0.1) is 42.5 Å². The van der Waals surface area contributed by atoms with Crippen LogP contribution in [0.15, 0.2) is 53.3 Å². The number of anilines is 2. The maximum absolute atomic E-state index is 12.7. The number of urea groups is 1. The largest absolute Gasteiger partial charge is 0.489 e. The Bertz CT molecular complexity index is 1350. The first-order chi connectivity index (χ1) is 18.7. The van der Waals surface area contributed by atoms with E-state index in [1.54, 1.807) is 25.3 Å². The van der Waals surface area contributed by atoms with Crippen LogP contribution in [-0.4, -0.2) is 70.5 Å². The summed E-state index contributed by atoms with van der Waals surface area (Å²) in [6.45, 7) is 4.62. The third kappa shape index (κ3) is 7.65. The van der Waals surface area contributed by atoms with E-state index in [0.29, 0.717) is 23.8 Å². The Morgan fingerprint density at radius 3 is 2.59 bits per heavy atom. The van der Waals surface area contributed by atoms with Crippen molar-refractivity contribution < 1.29 is 33.7 Å². The molecular weight excluding hydrogens is 574 g/mol. The Morgan fingerprint density at radius 1 is 1.13 bits per heavy atom. The molecule has 1 aromatic heterocycles. The maximum Gasteiger partial charge on any atom is 0.415 e. The molecule has 1 fully saturated rings. The fraction of sp³-hybridized carbons (Fsp3) is 0.269. The van der Waals surface area contributed by atoms with Gasteiger partial charge < -0.3 is 29.5 Å². The SMILES string of the molecule is Cc1cnc(NC(=O)Nc2cc(Br)c(C)cc2OC[C@H]2CN(C(=O)Oc3ccc(C(=O)O)cc3)CCO2)cn1. The van der Waals surface area contributed by atoms with Crippen LogP contribution in [0.2, 0.25) is 0 Å². The van der Waals surface area contributed by atoms with Crippen molar-refractivity contribution in [2.24, 2.45) is 0 Å². The van der Waals surface area contributed by atoms with Crippen molar-refractivity contribution in [1.82, 2.24) is 14.9 Å². The van der Waals surface area contributed by atoms with Gasteiger partial charge in [-0.3, -0.25) is 10.3 Å². The molecule has 4 rings (SSSR count). The summed E-state index contributed by atoms with van der Waals surface area (Å²) in [5.41, 5.74) is 2.13. The highest BCUT2D eigenvalue weighted by atomic mass is 79.9. The number of nitrogens with zero attached hydrogens (tertiary/aromatic N) is 3. The number of rotatable bonds is 7. The van der Waals surface area contributed by atoms with Gasteiger partial charge in [-0.15, -0.1) is 0 Å². The average Bonchev–Trinajstić information content (AvgIpc) is 2.91. The van der Waals surface area contributed by atoms with Gasteiger partial charge in [0.15, 0.2) is 5.82 Å². The summed E-state index contributed by atoms with van der Waals surface area (Å²) in [4.78, 5) is 45.9. The molecule has 0 unspecified atom stereocenters. The van der Waals surface area contributed by atoms with Crippen molar-refractivity contribution in [3.63, 3.8) is 0 Å². The Balaban J connectivity index is 1.35. The van der Waals surface area contributed by atoms with Gasteiger partial charge in [-0.05, 0) is 55.8 Å². The summed E-state index contributed by atoms with van der Waals surface area (Å²) in [6.07, 6.45) is 1.98. The van der Waals surface area contributed by atoms with Crippen LogP contribution in [0.5, 0.6) is 11.5 Å². The van der Waals surface area contributed by atoms with E-state index in [1.807, 2.05) is 6.92 Å². The zero-order valence-corrected chi connectivity index (χ0v) is 22.7. The number of ether oxygens (including phenoxy) is 3. The number of morpholine rings is 1. The molecule has 3 N–H and O–H groups in total. The number of hydrogen-bond acceptors (Lipinski definition) is 8. The minimum absolute atomic E-state index is 0.0942. The van der Waals surface area contributed by atoms with Crippen LogP contribution in [0.4, 0.5) is 21.1 Å². The van der Waals surface area contributed by atoms with Crippen LogP contribution in [-0.2, 0) is 4.74 Å². The van der Waals surface area contributed by atoms with Gasteiger partial charge in [-0.1, -0.05) is 15.9 Å². The molecule has 0 saturated carbocycles. The summed E-state index contributed by atoms with van der Waals surface area (Å²) >= 11 is 3.47. The molecule has 0 bridgehead atoms. The third-order valence-electron chi connectivity index (χ3n) is 5.66. The summed E-state index contributed by atoms with van der Waals surface area (Å²) in [5.74, 6) is -0.112. The van der Waals surface area contributed by atoms with Gasteiger partial charge >= 0.3 is 18.1 Å². The number of carbonyl (C=O) groups is 3. The first kappa shape index (κ1) is 27.8. The van der Waals surface area contributed by atoms with E-state index in [9.17, 15) is 14.4 Å². The van der Waals surface area contributed by atoms with Crippen molar-refractivity contribution in [2.75, 3.05) is 36.9 Å². The fourth-order valence-corrected chi connectivity index (χ4v) is 3.94. The average molecular weight is 600 g/mol. The standard InChI is InChI=1S/C26H26BrN5O7/c1-15-9-22(21(10-20(15)27)30-25(35)31-23-12-28-16(2)11-29-23)38-14-19-13-32(7-8-37-19)26(36)39-18-5-3-17(4-6-18)24(33)34/h3-6,9-12,19H,7-8,13-14H2,1-2H3,(H,33,34)(H2,29,30,31,35)/t19-/m1/s1. The monoisotopic (exact) mass is 599 g/mol. The number of aryl methyl sites for hydroxylation is 2. The predicted octanol–water partition coefficient (Wildman–Crippen LogP) is 4.48. The molecule has 204 valence electrons. The van der Waals surface area contributed by atoms with E-state index in [4.69, 9.17) is 19.3 Å². The van der Waals surface area contributed by atoms with Gasteiger partial charge in [0.1, 0.15) is 24.2 Å². The van der Waals surface area contributed by atoms with Crippen LogP contribution in [0, 0.1) is 13.8 Å². The predicted molar refractivity (Wildman–Crippen MR) is 145 cm³/mol. The number of carboxylic acids is 1. The third-order valence-corrected chi connectivity index (χ3v) is 6.51. The van der Waals surface area contributed by atoms with Crippen molar-refractivity contribution in [3.05, 3.63) is 70.1 Å². The number of nitrogens with one attached hydrogen (secondary N) is 2. The molecular formula is C26H26BrN5O7. The van der Waals surface area contributed by atoms with Gasteiger partial charge in [-0.25, -0.2) is 19.4 Å². The minimum atomic E-state index is -1.07. The lowest BCUT2D eigenvalue weighted by molar-refractivity contribution is -0.0400. The van der Waals surface area contributed by atoms with E-state index < -0.39 is 24.2 Å². The van der Waals surface area contributed by atoms with Crippen LogP contribution < -0.4 is 20.1 Å². The zero-order chi connectivity index (χ0) is 27.9. The molecule has 0 radical (unpaired) electrons. The van der Waals surface area contributed by atoms with Crippen LogP contribution in [0.25, 0.3) is 0 Å². The van der Waals surface area contributed by atoms with E-state index in [0.717, 1.165) is 15.7 Å². The van der Waals surface area contributed by atoms with E-state index >= 15 is 0 Å². The van der Waals surface area contributed by atoms with Crippen LogP contribution in [0.1, 0.15) is 21.6 Å². The van der Waals surface area contributed by atoms with Gasteiger partial charge in [0.25, 0.3) is 0 Å². The molecule has 2 aromatic carbocycles. The second-order valence-electron chi connectivity index (χ2n) is 8.67. The minimum Gasteiger partial charge on any atom is -0.489 e. The molecule has 39 heavy (non-hydrogen) atoms. The molecule has 2 heterocycles. The van der Waals surface area contributed by atoms with Crippen LogP contribution in [0.3, 0.4) is 0 Å². The molecule has 12 nitrogen and oxygen atoms in total. The van der Waals surface area contributed by atoms with Gasteiger partial charge in [-0.2, -0.15) is 0 Å². The van der Waals surface area contributed by atoms with Gasteiger partial charge in [0, 0.05) is 11.0 Å². The Morgan fingerprint density at radius 2 is 1.90 bits per heavy atom. The normalized spacial score (nSPS) is 14.8. The molecule has 13 heteroatoms.